The number of benzene rings is 1. The van der Waals surface area contributed by atoms with Gasteiger partial charge in [0, 0.05) is 24.2 Å². The zero-order chi connectivity index (χ0) is 14.1. The topological polar surface area (TPSA) is 42.4 Å². The van der Waals surface area contributed by atoms with Crippen molar-refractivity contribution >= 4 is 16.8 Å². The summed E-state index contributed by atoms with van der Waals surface area (Å²) in [6.45, 7) is 4.05. The highest BCUT2D eigenvalue weighted by atomic mass is 19.1. The molecule has 104 valence electrons. The molecule has 1 aromatic heterocycles. The Balaban J connectivity index is 2.09. The van der Waals surface area contributed by atoms with Crippen molar-refractivity contribution in [3.63, 3.8) is 0 Å². The van der Waals surface area contributed by atoms with Crippen LogP contribution in [-0.4, -0.2) is 42.1 Å². The molecule has 1 aromatic carbocycles. The van der Waals surface area contributed by atoms with Crippen molar-refractivity contribution in [3.8, 4) is 0 Å². The Bertz CT molecular complexity index is 666. The summed E-state index contributed by atoms with van der Waals surface area (Å²) in [7, 11) is 0. The number of aryl methyl sites for hydroxylation is 1. The number of hydrogen-bond acceptors (Lipinski definition) is 3. The summed E-state index contributed by atoms with van der Waals surface area (Å²) >= 11 is 0. The van der Waals surface area contributed by atoms with Crippen molar-refractivity contribution in [2.75, 3.05) is 26.3 Å². The van der Waals surface area contributed by atoms with E-state index in [1.54, 1.807) is 17.0 Å². The minimum absolute atomic E-state index is 0.0885. The Kier molecular flexibility index (Phi) is 3.36. The summed E-state index contributed by atoms with van der Waals surface area (Å²) in [5.74, 6) is -0.450. The van der Waals surface area contributed by atoms with Gasteiger partial charge in [0.25, 0.3) is 5.91 Å². The van der Waals surface area contributed by atoms with E-state index in [9.17, 15) is 9.18 Å². The first-order valence-corrected chi connectivity index (χ1v) is 6.59. The van der Waals surface area contributed by atoms with Gasteiger partial charge >= 0.3 is 0 Å². The Morgan fingerprint density at radius 1 is 1.30 bits per heavy atom. The van der Waals surface area contributed by atoms with E-state index in [-0.39, 0.29) is 11.7 Å². The van der Waals surface area contributed by atoms with Crippen LogP contribution < -0.4 is 0 Å². The van der Waals surface area contributed by atoms with Crippen molar-refractivity contribution in [3.05, 3.63) is 41.3 Å². The van der Waals surface area contributed by atoms with Crippen LogP contribution in [0.1, 0.15) is 16.1 Å². The molecule has 0 spiro atoms. The molecule has 0 atom stereocenters. The molecule has 2 heterocycles. The van der Waals surface area contributed by atoms with Gasteiger partial charge < -0.3 is 9.64 Å². The summed E-state index contributed by atoms with van der Waals surface area (Å²) in [4.78, 5) is 18.7. The molecule has 0 radical (unpaired) electrons. The van der Waals surface area contributed by atoms with Gasteiger partial charge in [0.2, 0.25) is 0 Å². The number of carbonyl (C=O) groups is 1. The van der Waals surface area contributed by atoms with E-state index in [1.807, 2.05) is 6.92 Å². The van der Waals surface area contributed by atoms with Crippen molar-refractivity contribution in [1.29, 1.82) is 0 Å². The van der Waals surface area contributed by atoms with Crippen LogP contribution in [0.15, 0.2) is 24.3 Å². The first-order valence-electron chi connectivity index (χ1n) is 6.59. The van der Waals surface area contributed by atoms with Crippen LogP contribution in [0.4, 0.5) is 4.39 Å². The maximum absolute atomic E-state index is 13.5. The second-order valence-electron chi connectivity index (χ2n) is 4.88. The minimum Gasteiger partial charge on any atom is -0.378 e. The van der Waals surface area contributed by atoms with Crippen molar-refractivity contribution in [1.82, 2.24) is 9.88 Å². The number of fused-ring (bicyclic) bond motifs is 1. The van der Waals surface area contributed by atoms with Crippen LogP contribution in [0.2, 0.25) is 0 Å². The number of morpholine rings is 1. The summed E-state index contributed by atoms with van der Waals surface area (Å²) in [5, 5.41) is 0.562. The fourth-order valence-corrected chi connectivity index (χ4v) is 2.44. The molecule has 5 heteroatoms. The van der Waals surface area contributed by atoms with Crippen LogP contribution in [0, 0.1) is 12.7 Å². The predicted molar refractivity (Wildman–Crippen MR) is 73.2 cm³/mol. The lowest BCUT2D eigenvalue weighted by molar-refractivity contribution is 0.0304. The second-order valence-corrected chi connectivity index (χ2v) is 4.88. The van der Waals surface area contributed by atoms with Gasteiger partial charge in [0.05, 0.1) is 24.3 Å². The third-order valence-corrected chi connectivity index (χ3v) is 3.43. The van der Waals surface area contributed by atoms with Crippen LogP contribution in [0.25, 0.3) is 10.9 Å². The van der Waals surface area contributed by atoms with Gasteiger partial charge in [-0.25, -0.2) is 4.39 Å². The lowest BCUT2D eigenvalue weighted by atomic mass is 10.1. The molecule has 4 nitrogen and oxygen atoms in total. The maximum Gasteiger partial charge on any atom is 0.254 e. The van der Waals surface area contributed by atoms with E-state index in [0.29, 0.717) is 42.8 Å². The first kappa shape index (κ1) is 13.0. The van der Waals surface area contributed by atoms with Crippen LogP contribution in [0.3, 0.4) is 0 Å². The molecule has 0 unspecified atom stereocenters. The number of pyridine rings is 1. The molecule has 0 saturated carbocycles. The molecular formula is C15H15FN2O2. The maximum atomic E-state index is 13.5. The average Bonchev–Trinajstić information content (AvgIpc) is 2.47. The molecule has 1 aliphatic rings. The first-order chi connectivity index (χ1) is 9.65. The highest BCUT2D eigenvalue weighted by Crippen LogP contribution is 2.21. The molecule has 0 N–H and O–H groups in total. The van der Waals surface area contributed by atoms with Gasteiger partial charge in [-0.3, -0.25) is 9.78 Å². The molecule has 1 saturated heterocycles. The highest BCUT2D eigenvalue weighted by Gasteiger charge is 2.21. The lowest BCUT2D eigenvalue weighted by Gasteiger charge is -2.27. The number of carbonyl (C=O) groups excluding carboxylic acids is 1. The molecular weight excluding hydrogens is 259 g/mol. The zero-order valence-corrected chi connectivity index (χ0v) is 11.2. The number of rotatable bonds is 1. The Hall–Kier alpha value is -2.01. The largest absolute Gasteiger partial charge is 0.378 e. The molecule has 2 aromatic rings. The van der Waals surface area contributed by atoms with Gasteiger partial charge in [0.1, 0.15) is 5.82 Å². The molecule has 0 bridgehead atoms. The fourth-order valence-electron chi connectivity index (χ4n) is 2.44. The lowest BCUT2D eigenvalue weighted by Crippen LogP contribution is -2.40. The molecule has 3 rings (SSSR count). The quantitative estimate of drug-likeness (QED) is 0.800. The van der Waals surface area contributed by atoms with E-state index < -0.39 is 0 Å². The van der Waals surface area contributed by atoms with E-state index in [0.717, 1.165) is 5.69 Å². The van der Waals surface area contributed by atoms with Gasteiger partial charge in [0.15, 0.2) is 0 Å². The van der Waals surface area contributed by atoms with Crippen LogP contribution >= 0.6 is 0 Å². The monoisotopic (exact) mass is 274 g/mol. The SMILES string of the molecule is Cc1cc(C(=O)N2CCOCC2)c2cc(F)ccc2n1. The Morgan fingerprint density at radius 3 is 2.80 bits per heavy atom. The number of ether oxygens (including phenoxy) is 1. The standard InChI is InChI=1S/C15H15FN2O2/c1-10-8-13(15(19)18-4-6-20-7-5-18)12-9-11(16)2-3-14(12)17-10/h2-3,8-9H,4-7H2,1H3. The number of nitrogens with zero attached hydrogens (tertiary/aromatic N) is 2. The Morgan fingerprint density at radius 2 is 2.05 bits per heavy atom. The number of hydrogen-bond donors (Lipinski definition) is 0. The molecule has 1 amide bonds. The molecule has 1 aliphatic heterocycles. The van der Waals surface area contributed by atoms with E-state index in [1.165, 1.54) is 12.1 Å². The zero-order valence-electron chi connectivity index (χ0n) is 11.2. The predicted octanol–water partition coefficient (Wildman–Crippen LogP) is 2.15. The number of amides is 1. The van der Waals surface area contributed by atoms with Crippen molar-refractivity contribution < 1.29 is 13.9 Å². The van der Waals surface area contributed by atoms with Gasteiger partial charge in [-0.05, 0) is 31.2 Å². The van der Waals surface area contributed by atoms with Crippen LogP contribution in [0.5, 0.6) is 0 Å². The summed E-state index contributed by atoms with van der Waals surface area (Å²) in [5.41, 5.74) is 1.90. The normalized spacial score (nSPS) is 15.6. The second kappa shape index (κ2) is 5.17. The summed E-state index contributed by atoms with van der Waals surface area (Å²) in [6, 6.07) is 6.06. The smallest absolute Gasteiger partial charge is 0.254 e. The van der Waals surface area contributed by atoms with Gasteiger partial charge in [-0.1, -0.05) is 0 Å². The van der Waals surface area contributed by atoms with E-state index in [4.69, 9.17) is 4.74 Å². The van der Waals surface area contributed by atoms with E-state index >= 15 is 0 Å². The molecule has 0 aliphatic carbocycles. The van der Waals surface area contributed by atoms with Gasteiger partial charge in [-0.15, -0.1) is 0 Å². The van der Waals surface area contributed by atoms with Crippen LogP contribution in [-0.2, 0) is 4.74 Å². The van der Waals surface area contributed by atoms with Gasteiger partial charge in [-0.2, -0.15) is 0 Å². The average molecular weight is 274 g/mol. The summed E-state index contributed by atoms with van der Waals surface area (Å²) in [6.07, 6.45) is 0. The number of halogens is 1. The van der Waals surface area contributed by atoms with Crippen molar-refractivity contribution in [2.24, 2.45) is 0 Å². The summed E-state index contributed by atoms with van der Waals surface area (Å²) < 4.78 is 18.7. The third-order valence-electron chi connectivity index (χ3n) is 3.43. The van der Waals surface area contributed by atoms with E-state index in [2.05, 4.69) is 4.98 Å². The van der Waals surface area contributed by atoms with Crippen molar-refractivity contribution in [2.45, 2.75) is 6.92 Å². The third kappa shape index (κ3) is 2.36. The fraction of sp³-hybridized carbons (Fsp3) is 0.333. The number of aromatic nitrogens is 1. The minimum atomic E-state index is -0.362. The molecule has 20 heavy (non-hydrogen) atoms. The Labute approximate surface area is 116 Å². The highest BCUT2D eigenvalue weighted by molar-refractivity contribution is 6.06. The molecule has 1 fully saturated rings.